The first-order valence-electron chi connectivity index (χ1n) is 8.19. The summed E-state index contributed by atoms with van der Waals surface area (Å²) >= 11 is 3.39. The molecule has 27 heavy (non-hydrogen) atoms. The summed E-state index contributed by atoms with van der Waals surface area (Å²) in [6, 6.07) is 10.9. The number of methoxy groups -OCH3 is 1. The van der Waals surface area contributed by atoms with Crippen LogP contribution in [-0.2, 0) is 9.53 Å². The average Bonchev–Trinajstić information content (AvgIpc) is 2.96. The molecule has 0 saturated heterocycles. The number of furan rings is 1. The van der Waals surface area contributed by atoms with Gasteiger partial charge in [-0.1, -0.05) is 22.0 Å². The Kier molecular flexibility index (Phi) is 5.51. The van der Waals surface area contributed by atoms with Gasteiger partial charge < -0.3 is 19.2 Å². The Balaban J connectivity index is 1.68. The van der Waals surface area contributed by atoms with E-state index in [1.807, 2.05) is 25.1 Å². The molecule has 0 aliphatic rings. The normalized spacial score (nSPS) is 10.7. The molecule has 3 rings (SSSR count). The van der Waals surface area contributed by atoms with E-state index in [-0.39, 0.29) is 5.76 Å². The molecule has 140 valence electrons. The third-order valence-corrected chi connectivity index (χ3v) is 4.54. The van der Waals surface area contributed by atoms with Crippen LogP contribution in [0.1, 0.15) is 21.7 Å². The lowest BCUT2D eigenvalue weighted by atomic mass is 10.1. The van der Waals surface area contributed by atoms with Crippen LogP contribution in [0.15, 0.2) is 45.3 Å². The van der Waals surface area contributed by atoms with Gasteiger partial charge in [-0.25, -0.2) is 4.79 Å². The lowest BCUT2D eigenvalue weighted by Gasteiger charge is -2.11. The maximum atomic E-state index is 12.3. The Morgan fingerprint density at radius 2 is 1.93 bits per heavy atom. The lowest BCUT2D eigenvalue weighted by Crippen LogP contribution is -2.21. The van der Waals surface area contributed by atoms with E-state index < -0.39 is 18.5 Å². The molecule has 0 spiro atoms. The van der Waals surface area contributed by atoms with Gasteiger partial charge in [0.2, 0.25) is 5.76 Å². The van der Waals surface area contributed by atoms with Crippen molar-refractivity contribution in [2.45, 2.75) is 13.8 Å². The number of carbonyl (C=O) groups is 2. The first-order chi connectivity index (χ1) is 12.9. The average molecular weight is 432 g/mol. The van der Waals surface area contributed by atoms with E-state index in [0.29, 0.717) is 22.6 Å². The predicted octanol–water partition coefficient (Wildman–Crippen LogP) is 4.62. The third kappa shape index (κ3) is 4.14. The van der Waals surface area contributed by atoms with Crippen molar-refractivity contribution in [3.05, 3.63) is 57.8 Å². The summed E-state index contributed by atoms with van der Waals surface area (Å²) in [7, 11) is 1.52. The van der Waals surface area contributed by atoms with E-state index in [0.717, 1.165) is 15.4 Å². The number of anilines is 1. The molecule has 1 aromatic heterocycles. The highest BCUT2D eigenvalue weighted by Crippen LogP contribution is 2.28. The topological polar surface area (TPSA) is 77.8 Å². The van der Waals surface area contributed by atoms with E-state index >= 15 is 0 Å². The van der Waals surface area contributed by atoms with Gasteiger partial charge in [0.25, 0.3) is 5.91 Å². The standard InChI is InChI=1S/C20H18BrNO5/c1-11-4-6-17(25-3)15(8-11)22-18(23)10-26-20(24)19-12(2)14-9-13(21)5-7-16(14)27-19/h4-9H,10H2,1-3H3,(H,22,23). The molecular formula is C20H18BrNO5. The molecular weight excluding hydrogens is 414 g/mol. The Hall–Kier alpha value is -2.80. The summed E-state index contributed by atoms with van der Waals surface area (Å²) < 4.78 is 16.8. The highest BCUT2D eigenvalue weighted by molar-refractivity contribution is 9.10. The van der Waals surface area contributed by atoms with Crippen LogP contribution in [0.4, 0.5) is 5.69 Å². The minimum absolute atomic E-state index is 0.0871. The second-order valence-corrected chi connectivity index (χ2v) is 6.94. The van der Waals surface area contributed by atoms with Gasteiger partial charge in [-0.3, -0.25) is 4.79 Å². The summed E-state index contributed by atoms with van der Waals surface area (Å²) in [5.41, 5.74) is 2.73. The van der Waals surface area contributed by atoms with Crippen LogP contribution in [0.25, 0.3) is 11.0 Å². The molecule has 0 saturated carbocycles. The van der Waals surface area contributed by atoms with Crippen LogP contribution >= 0.6 is 15.9 Å². The Morgan fingerprint density at radius 3 is 2.67 bits per heavy atom. The van der Waals surface area contributed by atoms with Crippen molar-refractivity contribution in [3.8, 4) is 5.75 Å². The van der Waals surface area contributed by atoms with Crippen molar-refractivity contribution >= 4 is 44.5 Å². The number of benzene rings is 2. The van der Waals surface area contributed by atoms with Crippen LogP contribution in [0, 0.1) is 13.8 Å². The van der Waals surface area contributed by atoms with Crippen molar-refractivity contribution < 1.29 is 23.5 Å². The Labute approximate surface area is 164 Å². The van der Waals surface area contributed by atoms with E-state index in [2.05, 4.69) is 21.2 Å². The molecule has 7 heteroatoms. The van der Waals surface area contributed by atoms with Gasteiger partial charge in [0.15, 0.2) is 6.61 Å². The van der Waals surface area contributed by atoms with E-state index in [1.54, 1.807) is 25.1 Å². The van der Waals surface area contributed by atoms with Gasteiger partial charge in [-0.05, 0) is 49.7 Å². The molecule has 0 radical (unpaired) electrons. The Bertz CT molecular complexity index is 1020. The molecule has 6 nitrogen and oxygen atoms in total. The van der Waals surface area contributed by atoms with E-state index in [4.69, 9.17) is 13.9 Å². The fraction of sp³-hybridized carbons (Fsp3) is 0.200. The van der Waals surface area contributed by atoms with Crippen molar-refractivity contribution in [2.75, 3.05) is 19.0 Å². The second kappa shape index (κ2) is 7.84. The fourth-order valence-electron chi connectivity index (χ4n) is 2.69. The number of esters is 1. The van der Waals surface area contributed by atoms with Gasteiger partial charge in [-0.2, -0.15) is 0 Å². The smallest absolute Gasteiger partial charge is 0.375 e. The molecule has 0 fully saturated rings. The molecule has 1 heterocycles. The number of nitrogens with one attached hydrogen (secondary N) is 1. The SMILES string of the molecule is COc1ccc(C)cc1NC(=O)COC(=O)c1oc2ccc(Br)cc2c1C. The van der Waals surface area contributed by atoms with Gasteiger partial charge >= 0.3 is 5.97 Å². The number of amides is 1. The van der Waals surface area contributed by atoms with Crippen molar-refractivity contribution in [3.63, 3.8) is 0 Å². The van der Waals surface area contributed by atoms with Crippen LogP contribution in [0.3, 0.4) is 0 Å². The molecule has 1 N–H and O–H groups in total. The molecule has 3 aromatic rings. The first kappa shape index (κ1) is 19.0. The van der Waals surface area contributed by atoms with Gasteiger partial charge in [0.1, 0.15) is 11.3 Å². The number of carbonyl (C=O) groups excluding carboxylic acids is 2. The first-order valence-corrected chi connectivity index (χ1v) is 8.98. The number of hydrogen-bond acceptors (Lipinski definition) is 5. The summed E-state index contributed by atoms with van der Waals surface area (Å²) in [6.07, 6.45) is 0. The fourth-order valence-corrected chi connectivity index (χ4v) is 3.05. The third-order valence-electron chi connectivity index (χ3n) is 4.05. The van der Waals surface area contributed by atoms with E-state index in [1.165, 1.54) is 7.11 Å². The quantitative estimate of drug-likeness (QED) is 0.596. The Morgan fingerprint density at radius 1 is 1.15 bits per heavy atom. The van der Waals surface area contributed by atoms with Crippen LogP contribution in [0.2, 0.25) is 0 Å². The summed E-state index contributed by atoms with van der Waals surface area (Å²) in [4.78, 5) is 24.5. The second-order valence-electron chi connectivity index (χ2n) is 6.02. The predicted molar refractivity (Wildman–Crippen MR) is 105 cm³/mol. The zero-order chi connectivity index (χ0) is 19.6. The molecule has 1 amide bonds. The maximum Gasteiger partial charge on any atom is 0.375 e. The van der Waals surface area contributed by atoms with Crippen LogP contribution in [-0.4, -0.2) is 25.6 Å². The van der Waals surface area contributed by atoms with Gasteiger partial charge in [0.05, 0.1) is 12.8 Å². The number of rotatable bonds is 5. The van der Waals surface area contributed by atoms with Crippen molar-refractivity contribution in [1.29, 1.82) is 0 Å². The van der Waals surface area contributed by atoms with E-state index in [9.17, 15) is 9.59 Å². The summed E-state index contributed by atoms with van der Waals surface area (Å²) in [5.74, 6) is -0.544. The van der Waals surface area contributed by atoms with Crippen molar-refractivity contribution in [1.82, 2.24) is 0 Å². The molecule has 0 bridgehead atoms. The molecule has 0 unspecified atom stereocenters. The molecule has 0 atom stereocenters. The number of aryl methyl sites for hydroxylation is 2. The number of ether oxygens (including phenoxy) is 2. The van der Waals surface area contributed by atoms with Crippen molar-refractivity contribution in [2.24, 2.45) is 0 Å². The minimum Gasteiger partial charge on any atom is -0.495 e. The summed E-state index contributed by atoms with van der Waals surface area (Å²) in [6.45, 7) is 3.24. The van der Waals surface area contributed by atoms with Gasteiger partial charge in [0, 0.05) is 15.4 Å². The largest absolute Gasteiger partial charge is 0.495 e. The maximum absolute atomic E-state index is 12.3. The van der Waals surface area contributed by atoms with Crippen LogP contribution in [0.5, 0.6) is 5.75 Å². The number of fused-ring (bicyclic) bond motifs is 1. The number of halogens is 1. The molecule has 0 aliphatic carbocycles. The lowest BCUT2D eigenvalue weighted by molar-refractivity contribution is -0.119. The highest BCUT2D eigenvalue weighted by Gasteiger charge is 2.20. The zero-order valence-corrected chi connectivity index (χ0v) is 16.7. The number of hydrogen-bond donors (Lipinski definition) is 1. The monoisotopic (exact) mass is 431 g/mol. The summed E-state index contributed by atoms with van der Waals surface area (Å²) in [5, 5.41) is 3.49. The minimum atomic E-state index is -0.689. The van der Waals surface area contributed by atoms with Crippen LogP contribution < -0.4 is 10.1 Å². The molecule has 0 aliphatic heterocycles. The van der Waals surface area contributed by atoms with Gasteiger partial charge in [-0.15, -0.1) is 0 Å². The molecule has 2 aromatic carbocycles. The highest BCUT2D eigenvalue weighted by atomic mass is 79.9. The zero-order valence-electron chi connectivity index (χ0n) is 15.1.